The van der Waals surface area contributed by atoms with Gasteiger partial charge in [0.15, 0.2) is 0 Å². The molecule has 2 aromatic carbocycles. The summed E-state index contributed by atoms with van der Waals surface area (Å²) in [6.07, 6.45) is -1.59. The van der Waals surface area contributed by atoms with E-state index in [2.05, 4.69) is 13.8 Å². The number of hydrogen-bond donors (Lipinski definition) is 2. The number of aliphatic hydroxyl groups is 1. The van der Waals surface area contributed by atoms with Crippen molar-refractivity contribution in [1.29, 1.82) is 0 Å². The molecule has 5 rings (SSSR count). The lowest BCUT2D eigenvalue weighted by atomic mass is 9.88. The number of benzene rings is 2. The van der Waals surface area contributed by atoms with E-state index in [0.29, 0.717) is 21.9 Å². The van der Waals surface area contributed by atoms with Crippen LogP contribution in [0.15, 0.2) is 42.7 Å². The zero-order valence-corrected chi connectivity index (χ0v) is 23.7. The van der Waals surface area contributed by atoms with Gasteiger partial charge in [0.05, 0.1) is 27.8 Å². The van der Waals surface area contributed by atoms with E-state index in [9.17, 15) is 19.8 Å². The van der Waals surface area contributed by atoms with Crippen LogP contribution in [-0.2, 0) is 0 Å². The molecule has 39 heavy (non-hydrogen) atoms. The lowest BCUT2D eigenvalue weighted by molar-refractivity contribution is -0.00988. The normalized spacial score (nSPS) is 17.3. The maximum atomic E-state index is 13.4. The molecule has 0 spiro atoms. The zero-order valence-electron chi connectivity index (χ0n) is 23.7. The van der Waals surface area contributed by atoms with Crippen molar-refractivity contribution in [3.05, 3.63) is 78.5 Å². The van der Waals surface area contributed by atoms with E-state index in [1.165, 1.54) is 0 Å². The highest BCUT2D eigenvalue weighted by molar-refractivity contribution is 5.91. The first-order valence-corrected chi connectivity index (χ1v) is 13.6. The van der Waals surface area contributed by atoms with Crippen LogP contribution in [-0.4, -0.2) is 16.5 Å². The van der Waals surface area contributed by atoms with Crippen molar-refractivity contribution in [3.8, 4) is 11.5 Å². The van der Waals surface area contributed by atoms with Crippen molar-refractivity contribution in [2.75, 3.05) is 0 Å². The Hall–Kier alpha value is -3.58. The lowest BCUT2D eigenvalue weighted by Gasteiger charge is -2.18. The first-order chi connectivity index (χ1) is 18.3. The van der Waals surface area contributed by atoms with Crippen molar-refractivity contribution in [1.82, 2.24) is 0 Å². The van der Waals surface area contributed by atoms with Gasteiger partial charge >= 0.3 is 11.3 Å². The van der Waals surface area contributed by atoms with Crippen molar-refractivity contribution < 1.29 is 23.8 Å². The average molecular weight is 533 g/mol. The monoisotopic (exact) mass is 532 g/mol. The highest BCUT2D eigenvalue weighted by atomic mass is 16.6. The number of aromatic hydroxyl groups is 1. The topological polar surface area (TPSA) is 110 Å². The van der Waals surface area contributed by atoms with E-state index in [4.69, 9.17) is 13.6 Å². The Labute approximate surface area is 227 Å². The van der Waals surface area contributed by atoms with Gasteiger partial charge in [-0.2, -0.15) is 0 Å². The fourth-order valence-corrected chi connectivity index (χ4v) is 5.51. The highest BCUT2D eigenvalue weighted by Gasteiger charge is 2.43. The molecule has 0 saturated heterocycles. The summed E-state index contributed by atoms with van der Waals surface area (Å²) in [7, 11) is 0. The van der Waals surface area contributed by atoms with Crippen molar-refractivity contribution in [3.63, 3.8) is 0 Å². The Morgan fingerprint density at radius 1 is 0.667 bits per heavy atom. The van der Waals surface area contributed by atoms with Gasteiger partial charge in [0.2, 0.25) is 6.29 Å². The van der Waals surface area contributed by atoms with Crippen LogP contribution in [0.4, 0.5) is 0 Å². The second-order valence-electron chi connectivity index (χ2n) is 11.9. The summed E-state index contributed by atoms with van der Waals surface area (Å²) in [6.45, 7) is 16.2. The lowest BCUT2D eigenvalue weighted by Crippen LogP contribution is -2.26. The van der Waals surface area contributed by atoms with Crippen LogP contribution < -0.4 is 16.0 Å². The molecule has 1 aliphatic heterocycles. The Morgan fingerprint density at radius 3 is 1.62 bits per heavy atom. The molecule has 0 fully saturated rings. The number of hydrogen-bond acceptors (Lipinski definition) is 7. The molecule has 2 unspecified atom stereocenters. The molecule has 2 N–H and O–H groups in total. The SMILES string of the molecule is CC(C)c1cc(C(C)C)c2oc(=O)c(C3c4c(c5cc(C(C)C)cc(C(C)C)c5oc4=O)OC3O)c(O)c2c1. The maximum Gasteiger partial charge on any atom is 0.344 e. The van der Waals surface area contributed by atoms with E-state index >= 15 is 0 Å². The molecule has 0 bridgehead atoms. The van der Waals surface area contributed by atoms with Gasteiger partial charge in [-0.05, 0) is 58.1 Å². The van der Waals surface area contributed by atoms with Gasteiger partial charge < -0.3 is 23.8 Å². The molecule has 7 nitrogen and oxygen atoms in total. The van der Waals surface area contributed by atoms with E-state index in [1.54, 1.807) is 6.07 Å². The van der Waals surface area contributed by atoms with Gasteiger partial charge in [-0.15, -0.1) is 0 Å². The fourth-order valence-electron chi connectivity index (χ4n) is 5.51. The predicted octanol–water partition coefficient (Wildman–Crippen LogP) is 6.94. The molecule has 0 aliphatic carbocycles. The Balaban J connectivity index is 1.83. The summed E-state index contributed by atoms with van der Waals surface area (Å²) in [5, 5.41) is 23.5. The third-order valence-corrected chi connectivity index (χ3v) is 7.83. The molecule has 3 heterocycles. The zero-order chi connectivity index (χ0) is 28.5. The van der Waals surface area contributed by atoms with Gasteiger partial charge in [-0.25, -0.2) is 9.59 Å². The Morgan fingerprint density at radius 2 is 1.13 bits per heavy atom. The van der Waals surface area contributed by atoms with Gasteiger partial charge in [-0.3, -0.25) is 0 Å². The van der Waals surface area contributed by atoms with E-state index in [0.717, 1.165) is 22.3 Å². The largest absolute Gasteiger partial charge is 0.507 e. The Bertz CT molecular complexity index is 1720. The first-order valence-electron chi connectivity index (χ1n) is 13.6. The minimum absolute atomic E-state index is 0.00309. The van der Waals surface area contributed by atoms with E-state index < -0.39 is 23.5 Å². The summed E-state index contributed by atoms with van der Waals surface area (Å²) in [4.78, 5) is 26.9. The van der Waals surface area contributed by atoms with Gasteiger partial charge in [0.1, 0.15) is 22.7 Å². The summed E-state index contributed by atoms with van der Waals surface area (Å²) in [5.41, 5.74) is 2.55. The molecule has 4 aromatic rings. The molecular formula is C32H36O7. The standard InChI is InChI=1S/C32H36O7/c1-13(2)17-9-19(15(5)6)27-21(11-17)26(33)24(31(35)37-27)23-25-29(39-30(23)34)22-12-18(14(3)4)10-20(16(7)8)28(22)38-32(25)36/h9-16,23,30,33-34H,1-8H3. The molecule has 2 atom stereocenters. The van der Waals surface area contributed by atoms with Gasteiger partial charge in [0, 0.05) is 0 Å². The third kappa shape index (κ3) is 4.24. The van der Waals surface area contributed by atoms with Crippen LogP contribution in [0.1, 0.15) is 118 Å². The predicted molar refractivity (Wildman–Crippen MR) is 151 cm³/mol. The third-order valence-electron chi connectivity index (χ3n) is 7.83. The van der Waals surface area contributed by atoms with Crippen LogP contribution in [0.25, 0.3) is 21.9 Å². The average Bonchev–Trinajstić information content (AvgIpc) is 3.20. The van der Waals surface area contributed by atoms with Crippen LogP contribution in [0.3, 0.4) is 0 Å². The number of aliphatic hydroxyl groups excluding tert-OH is 1. The molecule has 0 radical (unpaired) electrons. The molecule has 7 heteroatoms. The molecule has 0 saturated carbocycles. The molecular weight excluding hydrogens is 496 g/mol. The molecule has 2 aromatic heterocycles. The maximum absolute atomic E-state index is 13.4. The molecule has 1 aliphatic rings. The van der Waals surface area contributed by atoms with E-state index in [1.807, 2.05) is 59.7 Å². The van der Waals surface area contributed by atoms with Crippen LogP contribution in [0.2, 0.25) is 0 Å². The fraction of sp³-hybridized carbons (Fsp3) is 0.438. The first kappa shape index (κ1) is 27.0. The van der Waals surface area contributed by atoms with Crippen LogP contribution in [0.5, 0.6) is 11.5 Å². The summed E-state index contributed by atoms with van der Waals surface area (Å²) >= 11 is 0. The summed E-state index contributed by atoms with van der Waals surface area (Å²) < 4.78 is 17.5. The molecule has 206 valence electrons. The quantitative estimate of drug-likeness (QED) is 0.268. The molecule has 0 amide bonds. The Kier molecular flexibility index (Phi) is 6.62. The number of ether oxygens (including phenoxy) is 1. The van der Waals surface area contributed by atoms with Crippen LogP contribution >= 0.6 is 0 Å². The smallest absolute Gasteiger partial charge is 0.344 e. The van der Waals surface area contributed by atoms with Gasteiger partial charge in [0.25, 0.3) is 0 Å². The minimum Gasteiger partial charge on any atom is -0.507 e. The summed E-state index contributed by atoms with van der Waals surface area (Å²) in [6, 6.07) is 7.71. The summed E-state index contributed by atoms with van der Waals surface area (Å²) in [5.74, 6) is -0.993. The second-order valence-corrected chi connectivity index (χ2v) is 11.9. The van der Waals surface area contributed by atoms with Gasteiger partial charge in [-0.1, -0.05) is 67.5 Å². The van der Waals surface area contributed by atoms with Crippen molar-refractivity contribution in [2.24, 2.45) is 0 Å². The van der Waals surface area contributed by atoms with Crippen LogP contribution in [0, 0.1) is 0 Å². The van der Waals surface area contributed by atoms with E-state index in [-0.39, 0.29) is 46.3 Å². The minimum atomic E-state index is -1.59. The highest BCUT2D eigenvalue weighted by Crippen LogP contribution is 2.48. The second kappa shape index (κ2) is 9.56. The van der Waals surface area contributed by atoms with Crippen molar-refractivity contribution in [2.45, 2.75) is 91.3 Å². The van der Waals surface area contributed by atoms with Crippen molar-refractivity contribution >= 4 is 21.9 Å². The number of fused-ring (bicyclic) bond motifs is 4. The number of rotatable bonds is 5.